The Morgan fingerprint density at radius 2 is 1.93 bits per heavy atom. The highest BCUT2D eigenvalue weighted by Gasteiger charge is 2.38. The van der Waals surface area contributed by atoms with Crippen LogP contribution in [0.4, 0.5) is 5.95 Å². The predicted octanol–water partition coefficient (Wildman–Crippen LogP) is 3.07. The van der Waals surface area contributed by atoms with E-state index >= 15 is 0 Å². The molecule has 1 aliphatic rings. The maximum atomic E-state index is 11.1. The number of hydrogen-bond donors (Lipinski definition) is 1. The third-order valence-electron chi connectivity index (χ3n) is 5.42. The van der Waals surface area contributed by atoms with Crippen molar-refractivity contribution in [3.05, 3.63) is 59.5 Å². The lowest BCUT2D eigenvalue weighted by Crippen LogP contribution is -2.31. The molecule has 6 nitrogen and oxygen atoms in total. The van der Waals surface area contributed by atoms with Crippen LogP contribution in [-0.4, -0.2) is 37.9 Å². The van der Waals surface area contributed by atoms with E-state index in [2.05, 4.69) is 28.8 Å². The minimum atomic E-state index is -0.862. The summed E-state index contributed by atoms with van der Waals surface area (Å²) in [5.74, 6) is 0.655. The zero-order chi connectivity index (χ0) is 19.0. The SMILES string of the molecule is CCn1nc(C)c(-c2ccnc(N3CCC(O)(c4ccccc4)C3)n2)c1C. The number of nitrogens with zero attached hydrogens (tertiary/aromatic N) is 5. The molecule has 1 atom stereocenters. The molecule has 27 heavy (non-hydrogen) atoms. The highest BCUT2D eigenvalue weighted by molar-refractivity contribution is 5.65. The van der Waals surface area contributed by atoms with Crippen LogP contribution in [0.25, 0.3) is 11.3 Å². The van der Waals surface area contributed by atoms with Gasteiger partial charge in [-0.3, -0.25) is 4.68 Å². The molecule has 0 aliphatic carbocycles. The summed E-state index contributed by atoms with van der Waals surface area (Å²) >= 11 is 0. The Balaban J connectivity index is 1.64. The number of aromatic nitrogens is 4. The number of aryl methyl sites for hydroxylation is 2. The molecule has 140 valence electrons. The van der Waals surface area contributed by atoms with Gasteiger partial charge in [0.15, 0.2) is 0 Å². The van der Waals surface area contributed by atoms with Gasteiger partial charge < -0.3 is 10.0 Å². The maximum Gasteiger partial charge on any atom is 0.225 e. The number of aliphatic hydroxyl groups is 1. The van der Waals surface area contributed by atoms with E-state index in [9.17, 15) is 5.11 Å². The van der Waals surface area contributed by atoms with Crippen LogP contribution in [0.1, 0.15) is 30.3 Å². The number of hydrogen-bond acceptors (Lipinski definition) is 5. The van der Waals surface area contributed by atoms with Crippen molar-refractivity contribution < 1.29 is 5.11 Å². The first-order valence-corrected chi connectivity index (χ1v) is 9.42. The second kappa shape index (κ2) is 6.78. The molecule has 1 saturated heterocycles. The van der Waals surface area contributed by atoms with Gasteiger partial charge in [0.25, 0.3) is 0 Å². The van der Waals surface area contributed by atoms with E-state index in [1.165, 1.54) is 0 Å². The molecule has 0 bridgehead atoms. The Morgan fingerprint density at radius 1 is 1.15 bits per heavy atom. The lowest BCUT2D eigenvalue weighted by Gasteiger charge is -2.24. The number of β-amino-alcohol motifs (C(OH)–C–C–N with tert-alkyl or cyclic N) is 1. The quantitative estimate of drug-likeness (QED) is 0.772. The van der Waals surface area contributed by atoms with E-state index in [1.807, 2.05) is 48.0 Å². The van der Waals surface area contributed by atoms with Crippen LogP contribution in [0.15, 0.2) is 42.6 Å². The molecule has 1 fully saturated rings. The van der Waals surface area contributed by atoms with Gasteiger partial charge in [-0.15, -0.1) is 0 Å². The van der Waals surface area contributed by atoms with E-state index in [1.54, 1.807) is 6.20 Å². The Labute approximate surface area is 159 Å². The van der Waals surface area contributed by atoms with E-state index in [-0.39, 0.29) is 0 Å². The van der Waals surface area contributed by atoms with Crippen molar-refractivity contribution in [2.45, 2.75) is 39.3 Å². The van der Waals surface area contributed by atoms with Gasteiger partial charge in [-0.25, -0.2) is 9.97 Å². The first kappa shape index (κ1) is 17.7. The molecule has 2 aromatic heterocycles. The molecule has 0 amide bonds. The van der Waals surface area contributed by atoms with Crippen LogP contribution in [-0.2, 0) is 12.1 Å². The van der Waals surface area contributed by atoms with E-state index in [0.29, 0.717) is 18.9 Å². The van der Waals surface area contributed by atoms with Crippen molar-refractivity contribution in [3.63, 3.8) is 0 Å². The lowest BCUT2D eigenvalue weighted by molar-refractivity contribution is 0.0606. The predicted molar refractivity (Wildman–Crippen MR) is 106 cm³/mol. The van der Waals surface area contributed by atoms with Crippen molar-refractivity contribution in [1.29, 1.82) is 0 Å². The van der Waals surface area contributed by atoms with Gasteiger partial charge >= 0.3 is 0 Å². The van der Waals surface area contributed by atoms with Gasteiger partial charge in [0, 0.05) is 30.5 Å². The molecule has 1 unspecified atom stereocenters. The van der Waals surface area contributed by atoms with Crippen LogP contribution in [0.3, 0.4) is 0 Å². The molecule has 1 N–H and O–H groups in total. The first-order chi connectivity index (χ1) is 13.0. The lowest BCUT2D eigenvalue weighted by atomic mass is 9.93. The molecule has 1 aliphatic heterocycles. The summed E-state index contributed by atoms with van der Waals surface area (Å²) in [6.07, 6.45) is 2.45. The zero-order valence-electron chi connectivity index (χ0n) is 16.1. The summed E-state index contributed by atoms with van der Waals surface area (Å²) in [5, 5.41) is 15.7. The highest BCUT2D eigenvalue weighted by Crippen LogP contribution is 2.34. The van der Waals surface area contributed by atoms with Gasteiger partial charge in [-0.2, -0.15) is 5.10 Å². The molecular formula is C21H25N5O. The normalized spacial score (nSPS) is 19.6. The van der Waals surface area contributed by atoms with Gasteiger partial charge in [0.05, 0.1) is 17.9 Å². The molecule has 6 heteroatoms. The Morgan fingerprint density at radius 3 is 2.63 bits per heavy atom. The van der Waals surface area contributed by atoms with Gasteiger partial charge in [-0.05, 0) is 38.8 Å². The van der Waals surface area contributed by atoms with Crippen molar-refractivity contribution in [2.75, 3.05) is 18.0 Å². The fourth-order valence-corrected chi connectivity index (χ4v) is 3.96. The Hall–Kier alpha value is -2.73. The number of rotatable bonds is 4. The standard InChI is InChI=1S/C21H25N5O/c1-4-26-16(3)19(15(2)24-26)18-10-12-22-20(23-18)25-13-11-21(27,14-25)17-8-6-5-7-9-17/h5-10,12,27H,4,11,13-14H2,1-3H3. The summed E-state index contributed by atoms with van der Waals surface area (Å²) < 4.78 is 2.00. The molecule has 0 radical (unpaired) electrons. The fraction of sp³-hybridized carbons (Fsp3) is 0.381. The molecular weight excluding hydrogens is 338 g/mol. The maximum absolute atomic E-state index is 11.1. The third kappa shape index (κ3) is 3.10. The number of benzene rings is 1. The zero-order valence-corrected chi connectivity index (χ0v) is 16.1. The van der Waals surface area contributed by atoms with Crippen LogP contribution < -0.4 is 4.90 Å². The van der Waals surface area contributed by atoms with Crippen molar-refractivity contribution in [2.24, 2.45) is 0 Å². The molecule has 0 spiro atoms. The summed E-state index contributed by atoms with van der Waals surface area (Å²) in [6, 6.07) is 11.8. The van der Waals surface area contributed by atoms with Gasteiger partial charge in [0.1, 0.15) is 5.60 Å². The minimum absolute atomic E-state index is 0.493. The van der Waals surface area contributed by atoms with Crippen molar-refractivity contribution in [1.82, 2.24) is 19.7 Å². The highest BCUT2D eigenvalue weighted by atomic mass is 16.3. The van der Waals surface area contributed by atoms with Gasteiger partial charge in [-0.1, -0.05) is 30.3 Å². The van der Waals surface area contributed by atoms with E-state index < -0.39 is 5.60 Å². The van der Waals surface area contributed by atoms with Crippen molar-refractivity contribution >= 4 is 5.95 Å². The molecule has 0 saturated carbocycles. The minimum Gasteiger partial charge on any atom is -0.383 e. The average molecular weight is 363 g/mol. The van der Waals surface area contributed by atoms with E-state index in [0.717, 1.165) is 41.3 Å². The monoisotopic (exact) mass is 363 g/mol. The summed E-state index contributed by atoms with van der Waals surface area (Å²) in [4.78, 5) is 11.3. The van der Waals surface area contributed by atoms with Crippen LogP contribution in [0, 0.1) is 13.8 Å². The summed E-state index contributed by atoms with van der Waals surface area (Å²) in [5.41, 5.74) is 4.12. The number of anilines is 1. The van der Waals surface area contributed by atoms with Gasteiger partial charge in [0.2, 0.25) is 5.95 Å². The molecule has 3 heterocycles. The Kier molecular flexibility index (Phi) is 4.44. The molecule has 1 aromatic carbocycles. The molecule has 3 aromatic rings. The summed E-state index contributed by atoms with van der Waals surface area (Å²) in [7, 11) is 0. The smallest absolute Gasteiger partial charge is 0.225 e. The largest absolute Gasteiger partial charge is 0.383 e. The fourth-order valence-electron chi connectivity index (χ4n) is 3.96. The Bertz CT molecular complexity index is 952. The third-order valence-corrected chi connectivity index (χ3v) is 5.42. The summed E-state index contributed by atoms with van der Waals surface area (Å²) in [6.45, 7) is 8.22. The van der Waals surface area contributed by atoms with Crippen LogP contribution in [0.2, 0.25) is 0 Å². The van der Waals surface area contributed by atoms with E-state index in [4.69, 9.17) is 4.98 Å². The molecule has 4 rings (SSSR count). The van der Waals surface area contributed by atoms with Crippen LogP contribution >= 0.6 is 0 Å². The van der Waals surface area contributed by atoms with Crippen molar-refractivity contribution in [3.8, 4) is 11.3 Å². The first-order valence-electron chi connectivity index (χ1n) is 9.42. The average Bonchev–Trinajstić information content (AvgIpc) is 3.23. The second-order valence-corrected chi connectivity index (χ2v) is 7.17. The second-order valence-electron chi connectivity index (χ2n) is 7.17. The van der Waals surface area contributed by atoms with Crippen LogP contribution in [0.5, 0.6) is 0 Å². The topological polar surface area (TPSA) is 67.1 Å².